The van der Waals surface area contributed by atoms with E-state index in [1.165, 1.54) is 37.8 Å². The lowest BCUT2D eigenvalue weighted by Crippen LogP contribution is -2.55. The molecule has 0 amide bonds. The van der Waals surface area contributed by atoms with E-state index in [1.54, 1.807) is 6.07 Å². The Balaban J connectivity index is 1.69. The number of nitro benzene ring substituents is 1. The Kier molecular flexibility index (Phi) is 4.57. The predicted octanol–water partition coefficient (Wildman–Crippen LogP) is 3.32. The molecule has 0 N–H and O–H groups in total. The van der Waals surface area contributed by atoms with Gasteiger partial charge in [0.15, 0.2) is 11.6 Å². The van der Waals surface area contributed by atoms with Crippen molar-refractivity contribution in [1.29, 1.82) is 0 Å². The molecule has 0 saturated carbocycles. The summed E-state index contributed by atoms with van der Waals surface area (Å²) < 4.78 is 6.28. The van der Waals surface area contributed by atoms with E-state index < -0.39 is 0 Å². The SMILES string of the molecule is O=[N+]([O-])c1ccc2c(c1)OC(N1CCCCC1)C(N1CCCCC1)=N2. The molecule has 134 valence electrons. The van der Waals surface area contributed by atoms with E-state index in [0.717, 1.165) is 44.9 Å². The third-order valence-corrected chi connectivity index (χ3v) is 5.25. The fourth-order valence-electron chi connectivity index (χ4n) is 3.90. The van der Waals surface area contributed by atoms with E-state index in [0.29, 0.717) is 11.4 Å². The van der Waals surface area contributed by atoms with Crippen molar-refractivity contribution in [2.75, 3.05) is 26.2 Å². The molecule has 25 heavy (non-hydrogen) atoms. The highest BCUT2D eigenvalue weighted by Gasteiger charge is 2.35. The number of ether oxygens (including phenoxy) is 1. The maximum Gasteiger partial charge on any atom is 0.273 e. The number of likely N-dealkylation sites (tertiary alicyclic amines) is 2. The Labute approximate surface area is 147 Å². The zero-order valence-corrected chi connectivity index (χ0v) is 14.4. The van der Waals surface area contributed by atoms with E-state index in [9.17, 15) is 10.1 Å². The van der Waals surface area contributed by atoms with E-state index in [-0.39, 0.29) is 16.8 Å². The van der Waals surface area contributed by atoms with Gasteiger partial charge < -0.3 is 9.64 Å². The topological polar surface area (TPSA) is 71.2 Å². The summed E-state index contributed by atoms with van der Waals surface area (Å²) in [7, 11) is 0. The number of hydrogen-bond acceptors (Lipinski definition) is 6. The summed E-state index contributed by atoms with van der Waals surface area (Å²) in [6.07, 6.45) is 6.97. The summed E-state index contributed by atoms with van der Waals surface area (Å²) in [6.45, 7) is 3.99. The van der Waals surface area contributed by atoms with Crippen molar-refractivity contribution in [3.05, 3.63) is 28.3 Å². The summed E-state index contributed by atoms with van der Waals surface area (Å²) >= 11 is 0. The number of aliphatic imine (C=N–C) groups is 1. The summed E-state index contributed by atoms with van der Waals surface area (Å²) in [5.41, 5.74) is 0.743. The Morgan fingerprint density at radius 2 is 1.72 bits per heavy atom. The van der Waals surface area contributed by atoms with Gasteiger partial charge in [-0.2, -0.15) is 0 Å². The zero-order chi connectivity index (χ0) is 17.2. The number of hydrogen-bond donors (Lipinski definition) is 0. The van der Waals surface area contributed by atoms with E-state index in [4.69, 9.17) is 9.73 Å². The molecular weight excluding hydrogens is 320 g/mol. The monoisotopic (exact) mass is 344 g/mol. The van der Waals surface area contributed by atoms with Crippen molar-refractivity contribution in [2.24, 2.45) is 4.99 Å². The third-order valence-electron chi connectivity index (χ3n) is 5.25. The van der Waals surface area contributed by atoms with Crippen molar-refractivity contribution >= 4 is 17.2 Å². The number of piperidine rings is 2. The first-order valence-corrected chi connectivity index (χ1v) is 9.25. The molecule has 3 aliphatic rings. The summed E-state index contributed by atoms with van der Waals surface area (Å²) in [5.74, 6) is 1.49. The summed E-state index contributed by atoms with van der Waals surface area (Å²) in [5, 5.41) is 11.1. The van der Waals surface area contributed by atoms with Crippen molar-refractivity contribution in [3.63, 3.8) is 0 Å². The van der Waals surface area contributed by atoms with Crippen LogP contribution in [0.5, 0.6) is 5.75 Å². The molecular formula is C18H24N4O3. The van der Waals surface area contributed by atoms with Crippen LogP contribution in [0.4, 0.5) is 11.4 Å². The van der Waals surface area contributed by atoms with Crippen molar-refractivity contribution in [3.8, 4) is 5.75 Å². The minimum absolute atomic E-state index is 0.0489. The summed E-state index contributed by atoms with van der Waals surface area (Å²) in [4.78, 5) is 20.2. The molecule has 3 aliphatic heterocycles. The predicted molar refractivity (Wildman–Crippen MR) is 95.5 cm³/mol. The van der Waals surface area contributed by atoms with Crippen LogP contribution < -0.4 is 4.74 Å². The highest BCUT2D eigenvalue weighted by molar-refractivity contribution is 5.91. The molecule has 0 radical (unpaired) electrons. The Hall–Kier alpha value is -2.15. The van der Waals surface area contributed by atoms with Crippen LogP contribution in [0.2, 0.25) is 0 Å². The second-order valence-electron chi connectivity index (χ2n) is 6.99. The highest BCUT2D eigenvalue weighted by Crippen LogP contribution is 2.37. The van der Waals surface area contributed by atoms with Gasteiger partial charge in [-0.05, 0) is 38.2 Å². The number of nitrogens with zero attached hydrogens (tertiary/aromatic N) is 4. The van der Waals surface area contributed by atoms with Gasteiger partial charge in [-0.3, -0.25) is 15.0 Å². The van der Waals surface area contributed by atoms with Gasteiger partial charge in [-0.1, -0.05) is 6.42 Å². The van der Waals surface area contributed by atoms with E-state index in [2.05, 4.69) is 9.80 Å². The third kappa shape index (κ3) is 3.33. The van der Waals surface area contributed by atoms with E-state index in [1.807, 2.05) is 0 Å². The first-order chi connectivity index (χ1) is 12.2. The minimum atomic E-state index is -0.386. The first kappa shape index (κ1) is 16.3. The second kappa shape index (κ2) is 7.00. The molecule has 0 bridgehead atoms. The van der Waals surface area contributed by atoms with Crippen LogP contribution in [-0.4, -0.2) is 53.0 Å². The van der Waals surface area contributed by atoms with Gasteiger partial charge in [0.2, 0.25) is 6.23 Å². The molecule has 1 aromatic rings. The number of rotatable bonds is 2. The van der Waals surface area contributed by atoms with Gasteiger partial charge in [0.1, 0.15) is 5.69 Å². The van der Waals surface area contributed by atoms with Crippen LogP contribution in [0.15, 0.2) is 23.2 Å². The van der Waals surface area contributed by atoms with Crippen LogP contribution >= 0.6 is 0 Å². The van der Waals surface area contributed by atoms with Crippen LogP contribution in [0.1, 0.15) is 38.5 Å². The van der Waals surface area contributed by atoms with Crippen LogP contribution in [0.25, 0.3) is 0 Å². The smallest absolute Gasteiger partial charge is 0.273 e. The maximum atomic E-state index is 11.1. The number of non-ortho nitro benzene ring substituents is 1. The number of benzene rings is 1. The second-order valence-corrected chi connectivity index (χ2v) is 6.99. The lowest BCUT2D eigenvalue weighted by molar-refractivity contribution is -0.384. The van der Waals surface area contributed by atoms with Crippen LogP contribution in [0.3, 0.4) is 0 Å². The number of amidine groups is 1. The molecule has 2 fully saturated rings. The standard InChI is InChI=1S/C18H24N4O3/c23-22(24)14-7-8-15-16(13-14)25-18(21-11-5-2-6-12-21)17(19-15)20-9-3-1-4-10-20/h7-8,13,18H,1-6,9-12H2. The van der Waals surface area contributed by atoms with Crippen molar-refractivity contribution < 1.29 is 9.66 Å². The molecule has 0 aliphatic carbocycles. The fraction of sp³-hybridized carbons (Fsp3) is 0.611. The Morgan fingerprint density at radius 3 is 2.40 bits per heavy atom. The highest BCUT2D eigenvalue weighted by atomic mass is 16.6. The van der Waals surface area contributed by atoms with E-state index >= 15 is 0 Å². The van der Waals surface area contributed by atoms with Gasteiger partial charge >= 0.3 is 0 Å². The maximum absolute atomic E-state index is 11.1. The normalized spacial score (nSPS) is 24.2. The van der Waals surface area contributed by atoms with Gasteiger partial charge in [0.25, 0.3) is 5.69 Å². The average molecular weight is 344 g/mol. The van der Waals surface area contributed by atoms with Crippen LogP contribution in [0, 0.1) is 10.1 Å². The molecule has 3 heterocycles. The zero-order valence-electron chi connectivity index (χ0n) is 14.4. The average Bonchev–Trinajstić information content (AvgIpc) is 2.68. The fourth-order valence-corrected chi connectivity index (χ4v) is 3.90. The quantitative estimate of drug-likeness (QED) is 0.608. The molecule has 7 heteroatoms. The van der Waals surface area contributed by atoms with Crippen molar-refractivity contribution in [1.82, 2.24) is 9.80 Å². The largest absolute Gasteiger partial charge is 0.465 e. The first-order valence-electron chi connectivity index (χ1n) is 9.25. The van der Waals surface area contributed by atoms with Gasteiger partial charge in [0.05, 0.1) is 11.0 Å². The van der Waals surface area contributed by atoms with Gasteiger partial charge in [-0.25, -0.2) is 4.99 Å². The molecule has 2 saturated heterocycles. The minimum Gasteiger partial charge on any atom is -0.465 e. The van der Waals surface area contributed by atoms with Gasteiger partial charge in [0, 0.05) is 32.2 Å². The molecule has 4 rings (SSSR count). The number of fused-ring (bicyclic) bond motifs is 1. The molecule has 1 atom stereocenters. The molecule has 0 aromatic heterocycles. The molecule has 0 spiro atoms. The molecule has 1 unspecified atom stereocenters. The Morgan fingerprint density at radius 1 is 1.04 bits per heavy atom. The van der Waals surface area contributed by atoms with Crippen LogP contribution in [-0.2, 0) is 0 Å². The molecule has 7 nitrogen and oxygen atoms in total. The van der Waals surface area contributed by atoms with Crippen molar-refractivity contribution in [2.45, 2.75) is 44.8 Å². The lowest BCUT2D eigenvalue weighted by atomic mass is 10.1. The lowest BCUT2D eigenvalue weighted by Gasteiger charge is -2.41. The van der Waals surface area contributed by atoms with Gasteiger partial charge in [-0.15, -0.1) is 0 Å². The number of nitro groups is 1. The molecule has 1 aromatic carbocycles. The Bertz CT molecular complexity index is 679. The summed E-state index contributed by atoms with van der Waals surface area (Å²) in [6, 6.07) is 4.70.